The van der Waals surface area contributed by atoms with Crippen molar-refractivity contribution in [1.29, 1.82) is 0 Å². The second-order valence-electron chi connectivity index (χ2n) is 11.6. The highest BCUT2D eigenvalue weighted by Gasteiger charge is 2.37. The molecule has 2 aromatic carbocycles. The van der Waals surface area contributed by atoms with Crippen molar-refractivity contribution < 1.29 is 23.8 Å². The molecule has 4 rings (SSSR count). The number of methoxy groups -OCH3 is 2. The van der Waals surface area contributed by atoms with Gasteiger partial charge in [-0.1, -0.05) is 47.1 Å². The summed E-state index contributed by atoms with van der Waals surface area (Å²) in [7, 11) is 3.18. The van der Waals surface area contributed by atoms with Crippen molar-refractivity contribution in [2.24, 2.45) is 5.92 Å². The number of benzene rings is 2. The largest absolute Gasteiger partial charge is 0.493 e. The fourth-order valence-corrected chi connectivity index (χ4v) is 6.03. The van der Waals surface area contributed by atoms with Crippen LogP contribution in [0.25, 0.3) is 11.1 Å². The van der Waals surface area contributed by atoms with E-state index in [2.05, 4.69) is 15.3 Å². The molecule has 0 radical (unpaired) electrons. The van der Waals surface area contributed by atoms with E-state index in [1.807, 2.05) is 51.1 Å². The summed E-state index contributed by atoms with van der Waals surface area (Å²) in [5, 5.41) is 4.51. The van der Waals surface area contributed by atoms with Gasteiger partial charge in [-0.2, -0.15) is 0 Å². The number of amides is 2. The predicted octanol–water partition coefficient (Wildman–Crippen LogP) is 6.93. The highest BCUT2D eigenvalue weighted by atomic mass is 35.5. The number of carbonyl (C=O) groups is 2. The van der Waals surface area contributed by atoms with E-state index in [1.54, 1.807) is 37.6 Å². The van der Waals surface area contributed by atoms with Gasteiger partial charge in [-0.3, -0.25) is 4.79 Å². The first-order chi connectivity index (χ1) is 21.0. The number of carbonyl (C=O) groups excluding carboxylic acids is 2. The molecule has 1 fully saturated rings. The molecule has 0 unspecified atom stereocenters. The topological polar surface area (TPSA) is 103 Å². The van der Waals surface area contributed by atoms with Gasteiger partial charge >= 0.3 is 6.09 Å². The van der Waals surface area contributed by atoms with Crippen molar-refractivity contribution in [3.63, 3.8) is 0 Å². The number of nitrogens with one attached hydrogen (secondary N) is 1. The molecule has 0 saturated carbocycles. The summed E-state index contributed by atoms with van der Waals surface area (Å²) < 4.78 is 16.4. The Labute approximate surface area is 273 Å². The van der Waals surface area contributed by atoms with E-state index in [4.69, 9.17) is 37.4 Å². The summed E-state index contributed by atoms with van der Waals surface area (Å²) >= 11 is 13.6. The summed E-state index contributed by atoms with van der Waals surface area (Å²) in [5.41, 5.74) is 2.18. The average Bonchev–Trinajstić information content (AvgIpc) is 3.39. The lowest BCUT2D eigenvalue weighted by Crippen LogP contribution is -2.41. The Balaban J connectivity index is 1.28. The van der Waals surface area contributed by atoms with Gasteiger partial charge in [-0.15, -0.1) is 0 Å². The second-order valence-corrected chi connectivity index (χ2v) is 13.3. The maximum Gasteiger partial charge on any atom is 0.410 e. The molecule has 9 nitrogen and oxygen atoms in total. The fourth-order valence-electron chi connectivity index (χ4n) is 5.09. The third-order valence-electron chi connectivity index (χ3n) is 7.11. The van der Waals surface area contributed by atoms with Gasteiger partial charge in [-0.05, 0) is 81.3 Å². The molecule has 2 atom stereocenters. The number of halogens is 2. The Bertz CT molecular complexity index is 1450. The molecule has 2 heterocycles. The molecule has 12 heteroatoms. The highest BCUT2D eigenvalue weighted by molar-refractivity contribution is 7.99. The molecule has 0 bridgehead atoms. The van der Waals surface area contributed by atoms with E-state index in [0.717, 1.165) is 29.5 Å². The van der Waals surface area contributed by atoms with E-state index in [9.17, 15) is 9.59 Å². The molecule has 44 heavy (non-hydrogen) atoms. The normalized spacial score (nSPS) is 16.5. The zero-order valence-electron chi connectivity index (χ0n) is 25.6. The van der Waals surface area contributed by atoms with Gasteiger partial charge in [0.25, 0.3) is 0 Å². The average molecular weight is 662 g/mol. The van der Waals surface area contributed by atoms with Gasteiger partial charge in [-0.25, -0.2) is 14.8 Å². The summed E-state index contributed by atoms with van der Waals surface area (Å²) in [6, 6.07) is 11.2. The molecular formula is C32H38Cl2N4O5S. The Kier molecular flexibility index (Phi) is 11.6. The molecular weight excluding hydrogens is 623 g/mol. The Morgan fingerprint density at radius 3 is 2.39 bits per heavy atom. The Hall–Kier alpha value is -3.21. The van der Waals surface area contributed by atoms with Crippen LogP contribution in [0.2, 0.25) is 10.0 Å². The highest BCUT2D eigenvalue weighted by Crippen LogP contribution is 2.33. The standard InChI is InChI=1S/C32H38Cl2N4O5S/c1-32(2,3)43-31(40)38-18-21(12-20-6-8-25(33)26(34)14-20)13-24(38)10-11-35-29(39)19-44-30-36-16-23(17-37-30)22-7-9-27(41-4)28(15-22)42-5/h6-9,14-17,21,24H,10-13,18-19H2,1-5H3,(H,35,39)/t21-,24-/m1/s1. The molecule has 1 N–H and O–H groups in total. The monoisotopic (exact) mass is 660 g/mol. The fraction of sp³-hybridized carbons (Fsp3) is 0.438. The number of ether oxygens (including phenoxy) is 3. The number of nitrogens with zero attached hydrogens (tertiary/aromatic N) is 3. The van der Waals surface area contributed by atoms with E-state index < -0.39 is 5.60 Å². The first-order valence-electron chi connectivity index (χ1n) is 14.3. The molecule has 3 aromatic rings. The molecule has 1 aliphatic heterocycles. The zero-order chi connectivity index (χ0) is 31.9. The van der Waals surface area contributed by atoms with Gasteiger partial charge in [0.15, 0.2) is 16.7 Å². The summed E-state index contributed by atoms with van der Waals surface area (Å²) in [6.07, 6.45) is 5.27. The molecule has 236 valence electrons. The zero-order valence-corrected chi connectivity index (χ0v) is 27.9. The Morgan fingerprint density at radius 1 is 1.00 bits per heavy atom. The minimum Gasteiger partial charge on any atom is -0.493 e. The number of hydrogen-bond acceptors (Lipinski definition) is 8. The minimum atomic E-state index is -0.601. The van der Waals surface area contributed by atoms with Crippen LogP contribution in [0.5, 0.6) is 11.5 Å². The molecule has 1 aliphatic rings. The predicted molar refractivity (Wildman–Crippen MR) is 174 cm³/mol. The van der Waals surface area contributed by atoms with Crippen molar-refractivity contribution in [1.82, 2.24) is 20.2 Å². The van der Waals surface area contributed by atoms with Crippen LogP contribution in [-0.2, 0) is 16.0 Å². The van der Waals surface area contributed by atoms with E-state index >= 15 is 0 Å². The number of aromatic nitrogens is 2. The first kappa shape index (κ1) is 33.7. The lowest BCUT2D eigenvalue weighted by Gasteiger charge is -2.28. The SMILES string of the molecule is COc1ccc(-c2cnc(SCC(=O)NCC[C@@H]3C[C@@H](Cc4ccc(Cl)c(Cl)c4)CN3C(=O)OC(C)(C)C)nc2)cc1OC. The van der Waals surface area contributed by atoms with Gasteiger partial charge < -0.3 is 24.4 Å². The van der Waals surface area contributed by atoms with Crippen LogP contribution in [0.15, 0.2) is 53.9 Å². The van der Waals surface area contributed by atoms with Crippen LogP contribution in [-0.4, -0.2) is 71.6 Å². The van der Waals surface area contributed by atoms with Crippen LogP contribution in [0.1, 0.15) is 39.2 Å². The van der Waals surface area contributed by atoms with Crippen LogP contribution in [0.4, 0.5) is 4.79 Å². The quantitative estimate of drug-likeness (QED) is 0.174. The molecule has 1 saturated heterocycles. The molecule has 0 aliphatic carbocycles. The van der Waals surface area contributed by atoms with E-state index in [-0.39, 0.29) is 29.7 Å². The summed E-state index contributed by atoms with van der Waals surface area (Å²) in [5.74, 6) is 1.54. The van der Waals surface area contributed by atoms with Crippen molar-refractivity contribution in [2.75, 3.05) is 33.1 Å². The maximum absolute atomic E-state index is 13.0. The van der Waals surface area contributed by atoms with E-state index in [1.165, 1.54) is 11.8 Å². The van der Waals surface area contributed by atoms with Crippen molar-refractivity contribution in [2.45, 2.75) is 56.8 Å². The summed E-state index contributed by atoms with van der Waals surface area (Å²) in [4.78, 5) is 36.3. The Morgan fingerprint density at radius 2 is 1.73 bits per heavy atom. The van der Waals surface area contributed by atoms with Crippen molar-refractivity contribution in [3.05, 3.63) is 64.4 Å². The lowest BCUT2D eigenvalue weighted by atomic mass is 9.96. The van der Waals surface area contributed by atoms with Gasteiger partial charge in [0.05, 0.1) is 30.0 Å². The van der Waals surface area contributed by atoms with Gasteiger partial charge in [0.1, 0.15) is 5.60 Å². The maximum atomic E-state index is 13.0. The summed E-state index contributed by atoms with van der Waals surface area (Å²) in [6.45, 7) is 6.57. The number of rotatable bonds is 11. The van der Waals surface area contributed by atoms with Crippen LogP contribution >= 0.6 is 35.0 Å². The molecule has 2 amide bonds. The lowest BCUT2D eigenvalue weighted by molar-refractivity contribution is -0.118. The number of hydrogen-bond donors (Lipinski definition) is 1. The molecule has 1 aromatic heterocycles. The van der Waals surface area contributed by atoms with Gasteiger partial charge in [0, 0.05) is 37.1 Å². The van der Waals surface area contributed by atoms with Gasteiger partial charge in [0.2, 0.25) is 5.91 Å². The van der Waals surface area contributed by atoms with E-state index in [0.29, 0.717) is 46.2 Å². The first-order valence-corrected chi connectivity index (χ1v) is 16.1. The second kappa shape index (κ2) is 15.2. The van der Waals surface area contributed by atoms with Crippen LogP contribution < -0.4 is 14.8 Å². The third-order valence-corrected chi connectivity index (χ3v) is 8.73. The minimum absolute atomic E-state index is 0.0574. The van der Waals surface area contributed by atoms with Crippen LogP contribution in [0, 0.1) is 5.92 Å². The number of thioether (sulfide) groups is 1. The third kappa shape index (κ3) is 9.39. The number of likely N-dealkylation sites (tertiary alicyclic amines) is 1. The van der Waals surface area contributed by atoms with Crippen molar-refractivity contribution >= 4 is 47.0 Å². The van der Waals surface area contributed by atoms with Crippen molar-refractivity contribution in [3.8, 4) is 22.6 Å². The molecule has 0 spiro atoms. The smallest absolute Gasteiger partial charge is 0.410 e. The van der Waals surface area contributed by atoms with Crippen LogP contribution in [0.3, 0.4) is 0 Å².